The second-order valence-electron chi connectivity index (χ2n) is 8.03. The van der Waals surface area contributed by atoms with E-state index in [0.29, 0.717) is 0 Å². The molecule has 0 rings (SSSR count). The molecule has 0 saturated carbocycles. The molecule has 0 aliphatic heterocycles. The summed E-state index contributed by atoms with van der Waals surface area (Å²) in [7, 11) is -0.317. The molecular weight excluding hydrogens is 350 g/mol. The van der Waals surface area contributed by atoms with Gasteiger partial charge in [-0.2, -0.15) is 0 Å². The standard InChI is InChI=1S/C20H44N.H2O4S/c1-5-7-9-11-13-15-17-19-21(3,4)20-18-16-14-12-10-8-6-2;1-5(2,3)4/h5-20H2,1-4H3;(H2,1,2,3,4)/q+1;/p-1. The van der Waals surface area contributed by atoms with Gasteiger partial charge in [0.1, 0.15) is 0 Å². The fraction of sp³-hybridized carbons (Fsp3) is 1.00. The molecule has 0 bridgehead atoms. The van der Waals surface area contributed by atoms with Gasteiger partial charge in [-0.05, 0) is 25.7 Å². The summed E-state index contributed by atoms with van der Waals surface area (Å²) in [6.07, 6.45) is 20.1. The van der Waals surface area contributed by atoms with Crippen molar-refractivity contribution >= 4 is 10.4 Å². The van der Waals surface area contributed by atoms with Crippen LogP contribution in [0, 0.1) is 0 Å². The molecule has 160 valence electrons. The Bertz CT molecular complexity index is 361. The van der Waals surface area contributed by atoms with Crippen molar-refractivity contribution in [1.29, 1.82) is 0 Å². The SMILES string of the molecule is CCCCCCCCC[N+](C)(C)CCCCCCCCC.O=S(=O)([O-])[O-].[H+]. The molecule has 0 aromatic carbocycles. The van der Waals surface area contributed by atoms with Crippen LogP contribution in [-0.2, 0) is 10.4 Å². The minimum absolute atomic E-state index is 0. The van der Waals surface area contributed by atoms with Crippen LogP contribution in [0.15, 0.2) is 0 Å². The summed E-state index contributed by atoms with van der Waals surface area (Å²) in [5, 5.41) is 0. The maximum absolute atomic E-state index is 8.52. The first-order valence-corrected chi connectivity index (χ1v) is 11.9. The van der Waals surface area contributed by atoms with Crippen LogP contribution < -0.4 is 0 Å². The third-order valence-corrected chi connectivity index (χ3v) is 4.73. The van der Waals surface area contributed by atoms with E-state index >= 15 is 0 Å². The first-order chi connectivity index (χ1) is 12.1. The van der Waals surface area contributed by atoms with Crippen LogP contribution in [-0.4, -0.2) is 49.2 Å². The summed E-state index contributed by atoms with van der Waals surface area (Å²) in [4.78, 5) is 0. The van der Waals surface area contributed by atoms with E-state index in [0.717, 1.165) is 0 Å². The van der Waals surface area contributed by atoms with Gasteiger partial charge in [0.15, 0.2) is 0 Å². The van der Waals surface area contributed by atoms with Gasteiger partial charge in [0.25, 0.3) is 0 Å². The molecule has 5 nitrogen and oxygen atoms in total. The number of hydrogen-bond acceptors (Lipinski definition) is 4. The number of unbranched alkanes of at least 4 members (excludes halogenated alkanes) is 12. The van der Waals surface area contributed by atoms with E-state index in [1.165, 1.54) is 107 Å². The second kappa shape index (κ2) is 18.2. The minimum Gasteiger partial charge on any atom is -0.759 e. The largest absolute Gasteiger partial charge is 1.00 e. The third-order valence-electron chi connectivity index (χ3n) is 4.73. The predicted octanol–water partition coefficient (Wildman–Crippen LogP) is 5.34. The Morgan fingerprint density at radius 1 is 0.615 bits per heavy atom. The predicted molar refractivity (Wildman–Crippen MR) is 109 cm³/mol. The molecule has 0 unspecified atom stereocenters. The van der Waals surface area contributed by atoms with E-state index < -0.39 is 10.4 Å². The van der Waals surface area contributed by atoms with E-state index in [2.05, 4.69) is 27.9 Å². The van der Waals surface area contributed by atoms with Crippen molar-refractivity contribution in [3.05, 3.63) is 0 Å². The molecule has 26 heavy (non-hydrogen) atoms. The monoisotopic (exact) mass is 395 g/mol. The van der Waals surface area contributed by atoms with Gasteiger partial charge in [0.05, 0.1) is 27.2 Å². The van der Waals surface area contributed by atoms with Gasteiger partial charge in [0, 0.05) is 10.4 Å². The third kappa shape index (κ3) is 31.6. The molecule has 0 saturated heterocycles. The van der Waals surface area contributed by atoms with Crippen LogP contribution >= 0.6 is 0 Å². The number of quaternary nitrogens is 1. The summed E-state index contributed by atoms with van der Waals surface area (Å²) in [6.45, 7) is 7.35. The fourth-order valence-corrected chi connectivity index (χ4v) is 3.11. The van der Waals surface area contributed by atoms with Gasteiger partial charge in [-0.15, -0.1) is 0 Å². The van der Waals surface area contributed by atoms with Gasteiger partial charge in [-0.25, -0.2) is 0 Å². The summed E-state index contributed by atoms with van der Waals surface area (Å²) in [6, 6.07) is 0. The van der Waals surface area contributed by atoms with Crippen LogP contribution in [0.3, 0.4) is 0 Å². The molecule has 0 aliphatic rings. The van der Waals surface area contributed by atoms with E-state index in [4.69, 9.17) is 17.5 Å². The van der Waals surface area contributed by atoms with Crippen molar-refractivity contribution in [2.45, 2.75) is 104 Å². The quantitative estimate of drug-likeness (QED) is 0.153. The number of hydrogen-bond donors (Lipinski definition) is 0. The molecule has 0 N–H and O–H groups in total. The van der Waals surface area contributed by atoms with Gasteiger partial charge >= 0.3 is 1.43 Å². The molecule has 0 aromatic heterocycles. The highest BCUT2D eigenvalue weighted by atomic mass is 32.3. The summed E-state index contributed by atoms with van der Waals surface area (Å²) in [5.74, 6) is 0. The van der Waals surface area contributed by atoms with Gasteiger partial charge < -0.3 is 13.6 Å². The van der Waals surface area contributed by atoms with E-state index in [-0.39, 0.29) is 1.43 Å². The van der Waals surface area contributed by atoms with Crippen molar-refractivity contribution in [3.63, 3.8) is 0 Å². The van der Waals surface area contributed by atoms with Gasteiger partial charge in [-0.1, -0.05) is 78.1 Å². The van der Waals surface area contributed by atoms with Crippen molar-refractivity contribution in [3.8, 4) is 0 Å². The first kappa shape index (κ1) is 28.0. The number of rotatable bonds is 16. The summed E-state index contributed by atoms with van der Waals surface area (Å²) >= 11 is 0. The van der Waals surface area contributed by atoms with Crippen LogP contribution in [0.4, 0.5) is 0 Å². The Hall–Kier alpha value is -0.170. The molecule has 0 spiro atoms. The lowest BCUT2D eigenvalue weighted by molar-refractivity contribution is -0.890. The van der Waals surface area contributed by atoms with Crippen molar-refractivity contribution in [2.75, 3.05) is 27.2 Å². The highest BCUT2D eigenvalue weighted by Gasteiger charge is 2.13. The van der Waals surface area contributed by atoms with Crippen molar-refractivity contribution in [1.82, 2.24) is 0 Å². The zero-order chi connectivity index (χ0) is 20.3. The second-order valence-corrected chi connectivity index (χ2v) is 8.85. The highest BCUT2D eigenvalue weighted by Crippen LogP contribution is 2.12. The molecule has 0 amide bonds. The molecule has 0 heterocycles. The molecule has 0 aliphatic carbocycles. The summed E-state index contributed by atoms with van der Waals surface area (Å²) in [5.41, 5.74) is 0. The molecule has 6 heteroatoms. The molecule has 0 aromatic rings. The molecule has 0 fully saturated rings. The topological polar surface area (TPSA) is 80.3 Å². The zero-order valence-corrected chi connectivity index (χ0v) is 18.6. The first-order valence-electron chi connectivity index (χ1n) is 10.6. The van der Waals surface area contributed by atoms with Crippen LogP contribution in [0.1, 0.15) is 105 Å². The summed E-state index contributed by atoms with van der Waals surface area (Å²) < 4.78 is 35.3. The van der Waals surface area contributed by atoms with Crippen molar-refractivity contribution in [2.24, 2.45) is 0 Å². The number of nitrogens with zero attached hydrogens (tertiary/aromatic N) is 1. The van der Waals surface area contributed by atoms with E-state index in [1.54, 1.807) is 0 Å². The fourth-order valence-electron chi connectivity index (χ4n) is 3.11. The Balaban J connectivity index is -0.000000844. The Kier molecular flexibility index (Phi) is 19.6. The Labute approximate surface area is 165 Å². The maximum Gasteiger partial charge on any atom is 1.00 e. The molecular formula is C20H45NO4S. The Morgan fingerprint density at radius 3 is 1.12 bits per heavy atom. The smallest absolute Gasteiger partial charge is 0.759 e. The van der Waals surface area contributed by atoms with E-state index in [1.807, 2.05) is 0 Å². The van der Waals surface area contributed by atoms with Crippen LogP contribution in [0.5, 0.6) is 0 Å². The van der Waals surface area contributed by atoms with Gasteiger partial charge in [0.2, 0.25) is 0 Å². The van der Waals surface area contributed by atoms with E-state index in [9.17, 15) is 0 Å². The van der Waals surface area contributed by atoms with Crippen LogP contribution in [0.25, 0.3) is 0 Å². The average Bonchev–Trinajstić information content (AvgIpc) is 2.51. The van der Waals surface area contributed by atoms with Crippen LogP contribution in [0.2, 0.25) is 0 Å². The zero-order valence-electron chi connectivity index (χ0n) is 18.8. The minimum atomic E-state index is -5.17. The molecule has 0 radical (unpaired) electrons. The van der Waals surface area contributed by atoms with Crippen molar-refractivity contribution < 1.29 is 23.4 Å². The molecule has 0 atom stereocenters. The lowest BCUT2D eigenvalue weighted by Crippen LogP contribution is -2.41. The highest BCUT2D eigenvalue weighted by molar-refractivity contribution is 7.79. The normalized spacial score (nSPS) is 11.9. The Morgan fingerprint density at radius 2 is 0.846 bits per heavy atom. The lowest BCUT2D eigenvalue weighted by atomic mass is 10.1. The maximum atomic E-state index is 8.52. The lowest BCUT2D eigenvalue weighted by Gasteiger charge is -2.30. The van der Waals surface area contributed by atoms with Gasteiger partial charge in [-0.3, -0.25) is 8.42 Å². The average molecular weight is 396 g/mol.